The van der Waals surface area contributed by atoms with Crippen LogP contribution >= 0.6 is 0 Å². The zero-order chi connectivity index (χ0) is 13.8. The van der Waals surface area contributed by atoms with Gasteiger partial charge in [0.2, 0.25) is 0 Å². The summed E-state index contributed by atoms with van der Waals surface area (Å²) in [5.41, 5.74) is 2.54. The van der Waals surface area contributed by atoms with Gasteiger partial charge in [0, 0.05) is 24.6 Å². The molecule has 1 aromatic carbocycles. The number of carboxylic acid groups (broad SMARTS) is 1. The molecule has 5 nitrogen and oxygen atoms in total. The summed E-state index contributed by atoms with van der Waals surface area (Å²) in [5.74, 6) is -0.0423. The number of aromatic nitrogens is 1. The molecule has 1 unspecified atom stereocenters. The SMILES string of the molecule is CCc1nc2cc(NC(C)CCC(=O)O)ccc2o1. The third kappa shape index (κ3) is 3.47. The minimum atomic E-state index is -0.770. The Morgan fingerprint density at radius 2 is 2.32 bits per heavy atom. The number of carbonyl (C=O) groups is 1. The number of oxazole rings is 1. The summed E-state index contributed by atoms with van der Waals surface area (Å²) in [6, 6.07) is 5.83. The van der Waals surface area contributed by atoms with Crippen molar-refractivity contribution in [2.75, 3.05) is 5.32 Å². The zero-order valence-electron chi connectivity index (χ0n) is 11.1. The molecular formula is C14H18N2O3. The van der Waals surface area contributed by atoms with Gasteiger partial charge in [0.1, 0.15) is 5.52 Å². The van der Waals surface area contributed by atoms with Crippen molar-refractivity contribution in [1.29, 1.82) is 0 Å². The molecule has 2 rings (SSSR count). The van der Waals surface area contributed by atoms with E-state index in [1.165, 1.54) is 0 Å². The van der Waals surface area contributed by atoms with Crippen molar-refractivity contribution in [3.05, 3.63) is 24.1 Å². The highest BCUT2D eigenvalue weighted by Crippen LogP contribution is 2.21. The van der Waals surface area contributed by atoms with Gasteiger partial charge < -0.3 is 14.8 Å². The van der Waals surface area contributed by atoms with Gasteiger partial charge in [-0.1, -0.05) is 6.92 Å². The molecule has 0 saturated carbocycles. The highest BCUT2D eigenvalue weighted by molar-refractivity contribution is 5.77. The number of hydrogen-bond acceptors (Lipinski definition) is 4. The van der Waals surface area contributed by atoms with Gasteiger partial charge in [-0.2, -0.15) is 0 Å². The Labute approximate surface area is 111 Å². The van der Waals surface area contributed by atoms with Gasteiger partial charge in [-0.05, 0) is 31.5 Å². The van der Waals surface area contributed by atoms with E-state index in [1.807, 2.05) is 32.0 Å². The molecule has 1 aromatic heterocycles. The lowest BCUT2D eigenvalue weighted by molar-refractivity contribution is -0.137. The fourth-order valence-corrected chi connectivity index (χ4v) is 1.91. The normalized spacial score (nSPS) is 12.5. The number of nitrogens with one attached hydrogen (secondary N) is 1. The Morgan fingerprint density at radius 1 is 1.53 bits per heavy atom. The van der Waals surface area contributed by atoms with Crippen molar-refractivity contribution in [2.24, 2.45) is 0 Å². The van der Waals surface area contributed by atoms with Gasteiger partial charge in [0.05, 0.1) is 0 Å². The Balaban J connectivity index is 2.06. The van der Waals surface area contributed by atoms with Crippen LogP contribution in [-0.2, 0) is 11.2 Å². The first-order chi connectivity index (χ1) is 9.08. The third-order valence-electron chi connectivity index (χ3n) is 2.94. The van der Waals surface area contributed by atoms with Crippen molar-refractivity contribution in [3.8, 4) is 0 Å². The minimum Gasteiger partial charge on any atom is -0.481 e. The minimum absolute atomic E-state index is 0.103. The van der Waals surface area contributed by atoms with Crippen LogP contribution in [0, 0.1) is 0 Å². The van der Waals surface area contributed by atoms with Crippen LogP contribution < -0.4 is 5.32 Å². The molecular weight excluding hydrogens is 244 g/mol. The van der Waals surface area contributed by atoms with Crippen LogP contribution in [0.25, 0.3) is 11.1 Å². The number of benzene rings is 1. The first kappa shape index (κ1) is 13.4. The molecule has 102 valence electrons. The number of nitrogens with zero attached hydrogens (tertiary/aromatic N) is 1. The predicted molar refractivity (Wildman–Crippen MR) is 73.3 cm³/mol. The van der Waals surface area contributed by atoms with Gasteiger partial charge >= 0.3 is 5.97 Å². The fraction of sp³-hybridized carbons (Fsp3) is 0.429. The Kier molecular flexibility index (Phi) is 4.04. The van der Waals surface area contributed by atoms with E-state index in [0.717, 1.165) is 29.1 Å². The van der Waals surface area contributed by atoms with Crippen LogP contribution in [0.2, 0.25) is 0 Å². The summed E-state index contributed by atoms with van der Waals surface area (Å²) in [5, 5.41) is 11.9. The van der Waals surface area contributed by atoms with Gasteiger partial charge in [0.25, 0.3) is 0 Å². The van der Waals surface area contributed by atoms with Crippen molar-refractivity contribution in [1.82, 2.24) is 4.98 Å². The second kappa shape index (κ2) is 5.73. The second-order valence-electron chi connectivity index (χ2n) is 4.62. The number of hydrogen-bond donors (Lipinski definition) is 2. The predicted octanol–water partition coefficient (Wildman–Crippen LogP) is 3.06. The van der Waals surface area contributed by atoms with E-state index in [-0.39, 0.29) is 12.5 Å². The monoisotopic (exact) mass is 262 g/mol. The molecule has 0 fully saturated rings. The molecule has 0 spiro atoms. The standard InChI is InChI=1S/C14H18N2O3/c1-3-13-16-11-8-10(5-6-12(11)19-13)15-9(2)4-7-14(17)18/h5-6,8-9,15H,3-4,7H2,1-2H3,(H,17,18). The zero-order valence-corrected chi connectivity index (χ0v) is 11.1. The van der Waals surface area contributed by atoms with Crippen molar-refractivity contribution < 1.29 is 14.3 Å². The average Bonchev–Trinajstić information content (AvgIpc) is 2.78. The lowest BCUT2D eigenvalue weighted by Crippen LogP contribution is -2.16. The largest absolute Gasteiger partial charge is 0.481 e. The molecule has 2 N–H and O–H groups in total. The van der Waals surface area contributed by atoms with Gasteiger partial charge in [-0.25, -0.2) is 4.98 Å². The lowest BCUT2D eigenvalue weighted by Gasteiger charge is -2.13. The summed E-state index contributed by atoms with van der Waals surface area (Å²) >= 11 is 0. The molecule has 0 amide bonds. The van der Waals surface area contributed by atoms with E-state index in [9.17, 15) is 4.79 Å². The number of aliphatic carboxylic acids is 1. The number of anilines is 1. The molecule has 1 atom stereocenters. The van der Waals surface area contributed by atoms with Crippen molar-refractivity contribution >= 4 is 22.8 Å². The average molecular weight is 262 g/mol. The van der Waals surface area contributed by atoms with E-state index in [0.29, 0.717) is 6.42 Å². The molecule has 2 aromatic rings. The van der Waals surface area contributed by atoms with Gasteiger partial charge in [-0.3, -0.25) is 4.79 Å². The molecule has 0 aliphatic carbocycles. The maximum atomic E-state index is 10.5. The molecule has 1 heterocycles. The highest BCUT2D eigenvalue weighted by atomic mass is 16.4. The van der Waals surface area contributed by atoms with E-state index >= 15 is 0 Å². The maximum absolute atomic E-state index is 10.5. The lowest BCUT2D eigenvalue weighted by atomic mass is 10.1. The van der Waals surface area contributed by atoms with E-state index < -0.39 is 5.97 Å². The molecule has 19 heavy (non-hydrogen) atoms. The van der Waals surface area contributed by atoms with Crippen LogP contribution in [0.5, 0.6) is 0 Å². The van der Waals surface area contributed by atoms with Gasteiger partial charge in [0.15, 0.2) is 11.5 Å². The first-order valence-electron chi connectivity index (χ1n) is 6.46. The highest BCUT2D eigenvalue weighted by Gasteiger charge is 2.08. The molecule has 5 heteroatoms. The van der Waals surface area contributed by atoms with Crippen LogP contribution in [0.4, 0.5) is 5.69 Å². The number of aryl methyl sites for hydroxylation is 1. The molecule has 0 saturated heterocycles. The Hall–Kier alpha value is -2.04. The number of rotatable bonds is 6. The quantitative estimate of drug-likeness (QED) is 0.836. The first-order valence-corrected chi connectivity index (χ1v) is 6.46. The molecule has 0 aliphatic rings. The summed E-state index contributed by atoms with van der Waals surface area (Å²) in [6.45, 7) is 3.96. The van der Waals surface area contributed by atoms with Crippen molar-refractivity contribution in [3.63, 3.8) is 0 Å². The fourth-order valence-electron chi connectivity index (χ4n) is 1.91. The molecule has 0 aliphatic heterocycles. The second-order valence-corrected chi connectivity index (χ2v) is 4.62. The summed E-state index contributed by atoms with van der Waals surface area (Å²) in [4.78, 5) is 14.9. The van der Waals surface area contributed by atoms with E-state index in [1.54, 1.807) is 0 Å². The maximum Gasteiger partial charge on any atom is 0.303 e. The number of fused-ring (bicyclic) bond motifs is 1. The Morgan fingerprint density at radius 3 is 3.00 bits per heavy atom. The summed E-state index contributed by atoms with van der Waals surface area (Å²) < 4.78 is 5.54. The smallest absolute Gasteiger partial charge is 0.303 e. The Bertz CT molecular complexity index is 577. The topological polar surface area (TPSA) is 75.4 Å². The summed E-state index contributed by atoms with van der Waals surface area (Å²) in [7, 11) is 0. The third-order valence-corrected chi connectivity index (χ3v) is 2.94. The van der Waals surface area contributed by atoms with Crippen LogP contribution in [0.3, 0.4) is 0 Å². The summed E-state index contributed by atoms with van der Waals surface area (Å²) in [6.07, 6.45) is 1.53. The number of carboxylic acids is 1. The van der Waals surface area contributed by atoms with E-state index in [4.69, 9.17) is 9.52 Å². The van der Waals surface area contributed by atoms with Crippen molar-refractivity contribution in [2.45, 2.75) is 39.2 Å². The molecule has 0 radical (unpaired) electrons. The van der Waals surface area contributed by atoms with Gasteiger partial charge in [-0.15, -0.1) is 0 Å². The van der Waals surface area contributed by atoms with Crippen LogP contribution in [-0.4, -0.2) is 22.1 Å². The molecule has 0 bridgehead atoms. The van der Waals surface area contributed by atoms with Crippen LogP contribution in [0.15, 0.2) is 22.6 Å². The van der Waals surface area contributed by atoms with Crippen LogP contribution in [0.1, 0.15) is 32.6 Å². The van der Waals surface area contributed by atoms with E-state index in [2.05, 4.69) is 10.3 Å².